The van der Waals surface area contributed by atoms with Crippen LogP contribution in [0, 0.1) is 0 Å². The third-order valence-corrected chi connectivity index (χ3v) is 9.91. The van der Waals surface area contributed by atoms with Gasteiger partial charge >= 0.3 is 12.2 Å². The summed E-state index contributed by atoms with van der Waals surface area (Å²) in [7, 11) is 5.49. The molecule has 6 atom stereocenters. The quantitative estimate of drug-likeness (QED) is 0.185. The number of amides is 4. The van der Waals surface area contributed by atoms with E-state index >= 15 is 0 Å². The number of ether oxygens (including phenoxy) is 4. The van der Waals surface area contributed by atoms with E-state index in [2.05, 4.69) is 30.6 Å². The van der Waals surface area contributed by atoms with Crippen molar-refractivity contribution in [2.75, 3.05) is 41.5 Å². The lowest BCUT2D eigenvalue weighted by atomic mass is 10.1. The molecule has 16 heteroatoms. The smallest absolute Gasteiger partial charge is 0.407 e. The van der Waals surface area contributed by atoms with Crippen LogP contribution in [-0.2, 0) is 28.5 Å². The number of benzene rings is 1. The summed E-state index contributed by atoms with van der Waals surface area (Å²) >= 11 is 0. The van der Waals surface area contributed by atoms with Crippen molar-refractivity contribution in [1.82, 2.24) is 40.4 Å². The maximum absolute atomic E-state index is 13.5. The van der Waals surface area contributed by atoms with Crippen LogP contribution in [0.5, 0.6) is 0 Å². The third-order valence-electron chi connectivity index (χ3n) is 9.91. The van der Waals surface area contributed by atoms with E-state index in [9.17, 15) is 19.2 Å². The summed E-state index contributed by atoms with van der Waals surface area (Å²) in [6.07, 6.45) is 11.9. The molecule has 2 aromatic heterocycles. The molecule has 2 saturated heterocycles. The Hall–Kier alpha value is -5.48. The van der Waals surface area contributed by atoms with E-state index in [1.54, 1.807) is 36.0 Å². The molecule has 4 heterocycles. The second-order valence-electron chi connectivity index (χ2n) is 13.3. The van der Waals surface area contributed by atoms with Crippen molar-refractivity contribution in [3.8, 4) is 0 Å². The van der Waals surface area contributed by atoms with Gasteiger partial charge in [-0.15, -0.1) is 0 Å². The van der Waals surface area contributed by atoms with Crippen molar-refractivity contribution in [3.63, 3.8) is 0 Å². The molecule has 0 bridgehead atoms. The minimum atomic E-state index is -0.893. The van der Waals surface area contributed by atoms with Crippen LogP contribution in [0.4, 0.5) is 9.59 Å². The minimum absolute atomic E-state index is 0.252. The third kappa shape index (κ3) is 9.54. The minimum Gasteiger partial charge on any atom is -0.453 e. The van der Waals surface area contributed by atoms with Gasteiger partial charge in [0.1, 0.15) is 23.7 Å². The van der Waals surface area contributed by atoms with Crippen LogP contribution >= 0.6 is 0 Å². The highest BCUT2D eigenvalue weighted by molar-refractivity contribution is 5.87. The van der Waals surface area contributed by atoms with Crippen molar-refractivity contribution < 1.29 is 38.1 Å². The Morgan fingerprint density at radius 1 is 0.685 bits per heavy atom. The lowest BCUT2D eigenvalue weighted by molar-refractivity contribution is -0.138. The summed E-state index contributed by atoms with van der Waals surface area (Å²) in [4.78, 5) is 70.2. The number of aromatic nitrogens is 4. The first-order valence-corrected chi connectivity index (χ1v) is 18.0. The number of H-pyrrole nitrogens is 2. The number of methoxy groups -OCH3 is 4. The fraction of sp³-hybridized carbons (Fsp3) is 0.474. The van der Waals surface area contributed by atoms with Gasteiger partial charge in [0.15, 0.2) is 0 Å². The summed E-state index contributed by atoms with van der Waals surface area (Å²) in [5.41, 5.74) is 3.57. The summed E-state index contributed by atoms with van der Waals surface area (Å²) in [6, 6.07) is 5.74. The lowest BCUT2D eigenvalue weighted by Crippen LogP contribution is -2.54. The van der Waals surface area contributed by atoms with Crippen LogP contribution in [0.1, 0.15) is 85.8 Å². The molecule has 0 radical (unpaired) electrons. The Morgan fingerprint density at radius 2 is 1.07 bits per heavy atom. The fourth-order valence-corrected chi connectivity index (χ4v) is 6.69. The van der Waals surface area contributed by atoms with Gasteiger partial charge in [0.05, 0.1) is 62.3 Å². The molecule has 1 aromatic carbocycles. The van der Waals surface area contributed by atoms with Crippen LogP contribution in [0.15, 0.2) is 36.7 Å². The number of hydrogen-bond donors (Lipinski definition) is 4. The molecule has 4 amide bonds. The maximum Gasteiger partial charge on any atom is 0.407 e. The van der Waals surface area contributed by atoms with Gasteiger partial charge in [-0.1, -0.05) is 36.4 Å². The van der Waals surface area contributed by atoms with Gasteiger partial charge in [-0.2, -0.15) is 0 Å². The van der Waals surface area contributed by atoms with Gasteiger partial charge in [0, 0.05) is 27.3 Å². The van der Waals surface area contributed by atoms with Gasteiger partial charge in [-0.3, -0.25) is 9.59 Å². The molecule has 54 heavy (non-hydrogen) atoms. The Morgan fingerprint density at radius 3 is 1.43 bits per heavy atom. The average molecular weight is 747 g/mol. The van der Waals surface area contributed by atoms with Gasteiger partial charge in [0.2, 0.25) is 11.8 Å². The number of nitrogens with zero attached hydrogens (tertiary/aromatic N) is 4. The highest BCUT2D eigenvalue weighted by atomic mass is 16.5. The van der Waals surface area contributed by atoms with Crippen molar-refractivity contribution in [2.24, 2.45) is 0 Å². The topological polar surface area (TPSA) is 193 Å². The normalized spacial score (nSPS) is 19.5. The van der Waals surface area contributed by atoms with Crippen molar-refractivity contribution in [2.45, 2.75) is 75.9 Å². The summed E-state index contributed by atoms with van der Waals surface area (Å²) in [5, 5.41) is 5.21. The molecule has 0 spiro atoms. The predicted octanol–water partition coefficient (Wildman–Crippen LogP) is 4.32. The van der Waals surface area contributed by atoms with Gasteiger partial charge < -0.3 is 49.3 Å². The summed E-state index contributed by atoms with van der Waals surface area (Å²) < 4.78 is 20.2. The second kappa shape index (κ2) is 18.5. The second-order valence-corrected chi connectivity index (χ2v) is 13.3. The molecule has 0 aliphatic carbocycles. The zero-order chi connectivity index (χ0) is 38.8. The monoisotopic (exact) mass is 746 g/mol. The molecule has 5 rings (SSSR count). The largest absolute Gasteiger partial charge is 0.453 e. The van der Waals surface area contributed by atoms with Gasteiger partial charge in [0.25, 0.3) is 0 Å². The number of rotatable bonds is 14. The van der Waals surface area contributed by atoms with Gasteiger partial charge in [-0.05, 0) is 62.8 Å². The number of likely N-dealkylation sites (tertiary alicyclic amines) is 2. The molecule has 16 nitrogen and oxygen atoms in total. The van der Waals surface area contributed by atoms with E-state index in [0.717, 1.165) is 48.2 Å². The highest BCUT2D eigenvalue weighted by Crippen LogP contribution is 2.33. The summed E-state index contributed by atoms with van der Waals surface area (Å²) in [6.45, 7) is 4.54. The zero-order valence-corrected chi connectivity index (χ0v) is 31.5. The number of imidazole rings is 2. The zero-order valence-electron chi connectivity index (χ0n) is 31.5. The van der Waals surface area contributed by atoms with E-state index < -0.39 is 36.5 Å². The standard InChI is InChI=1S/C38H50N8O8/c1-23(51-3)31(43-37(49)53-5)35(47)45-19-7-9-29(45)33-39-21-27(41-33)17-15-25-11-13-26(14-12-25)16-18-28-22-40-34(42-28)30-10-8-20-46(30)36(48)32(24(2)52-4)44-38(50)54-6/h11-18,21-24,29-32H,7-10,19-20H2,1-6H3,(H,39,41)(H,40,42)(H,43,49)(H,44,50)/b17-15+,18-16+. The molecule has 0 saturated carbocycles. The number of aromatic amines is 2. The molecule has 3 aromatic rings. The van der Waals surface area contributed by atoms with E-state index in [4.69, 9.17) is 18.9 Å². The number of nitrogens with one attached hydrogen (secondary N) is 4. The van der Waals surface area contributed by atoms with Crippen LogP contribution in [0.2, 0.25) is 0 Å². The number of alkyl carbamates (subject to hydrolysis) is 2. The van der Waals surface area contributed by atoms with Crippen LogP contribution in [0.3, 0.4) is 0 Å². The van der Waals surface area contributed by atoms with Crippen LogP contribution in [0.25, 0.3) is 24.3 Å². The first-order valence-electron chi connectivity index (χ1n) is 18.0. The van der Waals surface area contributed by atoms with Crippen LogP contribution in [-0.4, -0.2) is 120 Å². The molecule has 2 aliphatic heterocycles. The number of carbonyl (C=O) groups is 4. The predicted molar refractivity (Wildman–Crippen MR) is 200 cm³/mol. The maximum atomic E-state index is 13.5. The molecule has 290 valence electrons. The first-order chi connectivity index (χ1) is 26.1. The summed E-state index contributed by atoms with van der Waals surface area (Å²) in [5.74, 6) is 0.852. The van der Waals surface area contributed by atoms with Gasteiger partial charge in [-0.25, -0.2) is 19.6 Å². The Balaban J connectivity index is 1.18. The fourth-order valence-electron chi connectivity index (χ4n) is 6.69. The van der Waals surface area contributed by atoms with E-state index in [1.807, 2.05) is 48.6 Å². The molecular formula is C38H50N8O8. The molecule has 2 aliphatic rings. The molecule has 6 unspecified atom stereocenters. The molecular weight excluding hydrogens is 696 g/mol. The van der Waals surface area contributed by atoms with Crippen molar-refractivity contribution in [3.05, 3.63) is 70.8 Å². The Kier molecular flexibility index (Phi) is 13.6. The Bertz CT molecular complexity index is 1670. The van der Waals surface area contributed by atoms with Crippen molar-refractivity contribution in [1.29, 1.82) is 0 Å². The molecule has 4 N–H and O–H groups in total. The molecule has 2 fully saturated rings. The highest BCUT2D eigenvalue weighted by Gasteiger charge is 2.40. The average Bonchev–Trinajstić information content (AvgIpc) is 4.03. The number of hydrogen-bond acceptors (Lipinski definition) is 10. The number of carbonyl (C=O) groups excluding carboxylic acids is 4. The first kappa shape index (κ1) is 39.7. The van der Waals surface area contributed by atoms with Crippen LogP contribution < -0.4 is 10.6 Å². The SMILES string of the molecule is COC(=O)NC(C(=O)N1CCCC1c1ncc(/C=C/c2ccc(/C=C/c3cnc(C4CCCN4C(=O)C(NC(=O)OC)C(C)OC)[nH]3)cc2)[nH]1)C(C)OC. The van der Waals surface area contributed by atoms with E-state index in [0.29, 0.717) is 24.7 Å². The Labute approximate surface area is 314 Å². The van der Waals surface area contributed by atoms with E-state index in [1.165, 1.54) is 28.4 Å². The van der Waals surface area contributed by atoms with E-state index in [-0.39, 0.29) is 23.9 Å². The lowest BCUT2D eigenvalue weighted by Gasteiger charge is -2.30. The van der Waals surface area contributed by atoms with Crippen molar-refractivity contribution >= 4 is 48.3 Å².